The minimum absolute atomic E-state index is 0.203. The van der Waals surface area contributed by atoms with Crippen molar-refractivity contribution in [1.82, 2.24) is 19.5 Å². The molecule has 3 aromatic carbocycles. The van der Waals surface area contributed by atoms with Crippen LogP contribution in [0.4, 0.5) is 18.9 Å². The van der Waals surface area contributed by atoms with E-state index < -0.39 is 11.7 Å². The van der Waals surface area contributed by atoms with Crippen LogP contribution >= 0.6 is 0 Å². The predicted octanol–water partition coefficient (Wildman–Crippen LogP) is 6.04. The number of benzene rings is 3. The van der Waals surface area contributed by atoms with Gasteiger partial charge in [0.15, 0.2) is 5.65 Å². The third-order valence-corrected chi connectivity index (χ3v) is 6.89. The molecule has 1 amide bonds. The van der Waals surface area contributed by atoms with Gasteiger partial charge in [-0.2, -0.15) is 18.3 Å². The van der Waals surface area contributed by atoms with E-state index in [4.69, 9.17) is 10.1 Å². The lowest BCUT2D eigenvalue weighted by Gasteiger charge is -2.36. The third-order valence-electron chi connectivity index (χ3n) is 6.89. The summed E-state index contributed by atoms with van der Waals surface area (Å²) in [4.78, 5) is 22.2. The Bertz CT molecular complexity index is 1630. The van der Waals surface area contributed by atoms with E-state index in [0.717, 1.165) is 23.3 Å². The first-order chi connectivity index (χ1) is 18.9. The van der Waals surface area contributed by atoms with Crippen LogP contribution in [0.2, 0.25) is 0 Å². The number of carbonyl (C=O) groups excluding carboxylic acids is 1. The number of hydrogen-bond acceptors (Lipinski definition) is 4. The quantitative estimate of drug-likeness (QED) is 0.286. The monoisotopic (exact) mass is 527 g/mol. The number of carbonyl (C=O) groups is 1. The molecule has 0 radical (unpaired) electrons. The first-order valence-corrected chi connectivity index (χ1v) is 12.6. The minimum Gasteiger partial charge on any atom is -0.368 e. The van der Waals surface area contributed by atoms with Gasteiger partial charge in [-0.1, -0.05) is 66.7 Å². The molecule has 0 saturated carbocycles. The number of halogens is 3. The van der Waals surface area contributed by atoms with Gasteiger partial charge in [0.1, 0.15) is 5.69 Å². The maximum absolute atomic E-state index is 13.8. The molecule has 6 rings (SSSR count). The zero-order valence-electron chi connectivity index (χ0n) is 20.8. The molecular formula is C30H24F3N5O. The van der Waals surface area contributed by atoms with E-state index in [1.165, 1.54) is 6.07 Å². The molecule has 9 heteroatoms. The van der Waals surface area contributed by atoms with E-state index >= 15 is 0 Å². The Morgan fingerprint density at radius 2 is 1.36 bits per heavy atom. The lowest BCUT2D eigenvalue weighted by atomic mass is 10.1. The first-order valence-electron chi connectivity index (χ1n) is 12.6. The highest BCUT2D eigenvalue weighted by Gasteiger charge is 2.31. The number of hydrogen-bond donors (Lipinski definition) is 0. The van der Waals surface area contributed by atoms with E-state index in [2.05, 4.69) is 0 Å². The summed E-state index contributed by atoms with van der Waals surface area (Å²) in [5.74, 6) is -0.203. The molecule has 0 spiro atoms. The molecule has 1 fully saturated rings. The summed E-state index contributed by atoms with van der Waals surface area (Å²) in [5.41, 5.74) is 3.91. The summed E-state index contributed by atoms with van der Waals surface area (Å²) in [5, 5.41) is 4.72. The number of amides is 1. The van der Waals surface area contributed by atoms with Crippen LogP contribution in [-0.2, 0) is 6.18 Å². The van der Waals surface area contributed by atoms with E-state index in [-0.39, 0.29) is 5.91 Å². The second-order valence-corrected chi connectivity index (χ2v) is 9.39. The molecule has 2 aromatic heterocycles. The van der Waals surface area contributed by atoms with Gasteiger partial charge in [0.25, 0.3) is 5.91 Å². The standard InChI is InChI=1S/C30H24F3N5O/c31-30(32,33)23-12-7-13-24(18-23)36-14-16-37(17-15-36)29(39)27-19-25(21-8-3-1-4-9-21)34-28-20-26(35-38(27)28)22-10-5-2-6-11-22/h1-13,18-20H,14-17H2. The van der Waals surface area contributed by atoms with Gasteiger partial charge in [0, 0.05) is 49.1 Å². The maximum atomic E-state index is 13.8. The van der Waals surface area contributed by atoms with Crippen molar-refractivity contribution >= 4 is 17.2 Å². The van der Waals surface area contributed by atoms with E-state index in [9.17, 15) is 18.0 Å². The highest BCUT2D eigenvalue weighted by atomic mass is 19.4. The van der Waals surface area contributed by atoms with Crippen LogP contribution in [0, 0.1) is 0 Å². The van der Waals surface area contributed by atoms with Gasteiger partial charge < -0.3 is 9.80 Å². The molecule has 1 aliphatic heterocycles. The number of nitrogens with zero attached hydrogens (tertiary/aromatic N) is 5. The van der Waals surface area contributed by atoms with Gasteiger partial charge in [-0.3, -0.25) is 4.79 Å². The number of alkyl halides is 3. The number of anilines is 1. The number of fused-ring (bicyclic) bond motifs is 1. The van der Waals surface area contributed by atoms with Gasteiger partial charge in [0.2, 0.25) is 0 Å². The molecule has 1 aliphatic rings. The fraction of sp³-hybridized carbons (Fsp3) is 0.167. The SMILES string of the molecule is O=C(c1cc(-c2ccccc2)nc2cc(-c3ccccc3)nn12)N1CCN(c2cccc(C(F)(F)F)c2)CC1. The normalized spacial score (nSPS) is 14.1. The first kappa shape index (κ1) is 24.7. The minimum atomic E-state index is -4.40. The summed E-state index contributed by atoms with van der Waals surface area (Å²) in [7, 11) is 0. The molecule has 3 heterocycles. The second-order valence-electron chi connectivity index (χ2n) is 9.39. The van der Waals surface area contributed by atoms with Crippen molar-refractivity contribution in [2.24, 2.45) is 0 Å². The number of piperazine rings is 1. The van der Waals surface area contributed by atoms with E-state index in [0.29, 0.717) is 54.6 Å². The second kappa shape index (κ2) is 9.90. The molecular weight excluding hydrogens is 503 g/mol. The van der Waals surface area contributed by atoms with Crippen LogP contribution in [0.3, 0.4) is 0 Å². The van der Waals surface area contributed by atoms with Gasteiger partial charge >= 0.3 is 6.18 Å². The Hall–Kier alpha value is -4.66. The van der Waals surface area contributed by atoms with Crippen molar-refractivity contribution in [3.05, 3.63) is 108 Å². The number of rotatable bonds is 4. The van der Waals surface area contributed by atoms with Crippen LogP contribution in [0.1, 0.15) is 16.1 Å². The van der Waals surface area contributed by atoms with Gasteiger partial charge in [-0.05, 0) is 24.3 Å². The zero-order chi connectivity index (χ0) is 27.0. The van der Waals surface area contributed by atoms with Crippen molar-refractivity contribution in [2.75, 3.05) is 31.1 Å². The average Bonchev–Trinajstić information content (AvgIpc) is 3.41. The fourth-order valence-corrected chi connectivity index (χ4v) is 4.84. The molecule has 0 unspecified atom stereocenters. The summed E-state index contributed by atoms with van der Waals surface area (Å²) < 4.78 is 41.2. The van der Waals surface area contributed by atoms with Crippen LogP contribution in [-0.4, -0.2) is 51.6 Å². The smallest absolute Gasteiger partial charge is 0.368 e. The topological polar surface area (TPSA) is 53.7 Å². The van der Waals surface area contributed by atoms with Crippen LogP contribution in [0.25, 0.3) is 28.2 Å². The molecule has 0 N–H and O–H groups in total. The summed E-state index contributed by atoms with van der Waals surface area (Å²) in [6, 6.07) is 28.3. The Morgan fingerprint density at radius 3 is 2.00 bits per heavy atom. The Kier molecular flexibility index (Phi) is 6.26. The van der Waals surface area contributed by atoms with Crippen LogP contribution in [0.5, 0.6) is 0 Å². The van der Waals surface area contributed by atoms with Crippen LogP contribution in [0.15, 0.2) is 97.1 Å². The molecule has 5 aromatic rings. The van der Waals surface area contributed by atoms with Crippen molar-refractivity contribution < 1.29 is 18.0 Å². The third kappa shape index (κ3) is 4.95. The largest absolute Gasteiger partial charge is 0.416 e. The Balaban J connectivity index is 1.31. The Labute approximate surface area is 222 Å². The molecule has 0 aliphatic carbocycles. The molecule has 39 heavy (non-hydrogen) atoms. The lowest BCUT2D eigenvalue weighted by molar-refractivity contribution is -0.137. The van der Waals surface area contributed by atoms with Crippen molar-refractivity contribution in [2.45, 2.75) is 6.18 Å². The van der Waals surface area contributed by atoms with Crippen molar-refractivity contribution in [3.8, 4) is 22.5 Å². The van der Waals surface area contributed by atoms with E-state index in [1.54, 1.807) is 21.5 Å². The summed E-state index contributed by atoms with van der Waals surface area (Å²) in [6.45, 7) is 1.57. The van der Waals surface area contributed by atoms with Gasteiger partial charge in [0.05, 0.1) is 17.0 Å². The van der Waals surface area contributed by atoms with Crippen molar-refractivity contribution in [3.63, 3.8) is 0 Å². The van der Waals surface area contributed by atoms with Crippen LogP contribution < -0.4 is 4.90 Å². The molecule has 196 valence electrons. The highest BCUT2D eigenvalue weighted by molar-refractivity contribution is 5.94. The van der Waals surface area contributed by atoms with Gasteiger partial charge in [-0.15, -0.1) is 0 Å². The molecule has 0 atom stereocenters. The molecule has 6 nitrogen and oxygen atoms in total. The van der Waals surface area contributed by atoms with Crippen molar-refractivity contribution in [1.29, 1.82) is 0 Å². The highest BCUT2D eigenvalue weighted by Crippen LogP contribution is 2.32. The summed E-state index contributed by atoms with van der Waals surface area (Å²) >= 11 is 0. The molecule has 1 saturated heterocycles. The summed E-state index contributed by atoms with van der Waals surface area (Å²) in [6.07, 6.45) is -4.40. The van der Waals surface area contributed by atoms with E-state index in [1.807, 2.05) is 71.6 Å². The molecule has 0 bridgehead atoms. The van der Waals surface area contributed by atoms with Gasteiger partial charge in [-0.25, -0.2) is 9.50 Å². The lowest BCUT2D eigenvalue weighted by Crippen LogP contribution is -2.49. The average molecular weight is 528 g/mol. The fourth-order valence-electron chi connectivity index (χ4n) is 4.84. The maximum Gasteiger partial charge on any atom is 0.416 e. The zero-order valence-corrected chi connectivity index (χ0v) is 20.8. The number of aromatic nitrogens is 3. The Morgan fingerprint density at radius 1 is 0.718 bits per heavy atom. The predicted molar refractivity (Wildman–Crippen MR) is 143 cm³/mol.